The second-order valence-electron chi connectivity index (χ2n) is 4.15. The van der Waals surface area contributed by atoms with Crippen LogP contribution in [0, 0.1) is 0 Å². The molecule has 1 aliphatic rings. The number of aliphatic imine (C=N–C) groups is 1. The molecule has 0 saturated heterocycles. The van der Waals surface area contributed by atoms with Gasteiger partial charge in [0.15, 0.2) is 0 Å². The molecule has 2 aromatic rings. The molecule has 1 atom stereocenters. The number of rotatable bonds is 1. The summed E-state index contributed by atoms with van der Waals surface area (Å²) < 4.78 is 0. The van der Waals surface area contributed by atoms with Gasteiger partial charge in [-0.2, -0.15) is 0 Å². The molecule has 3 heteroatoms. The lowest BCUT2D eigenvalue weighted by Gasteiger charge is -2.13. The minimum Gasteiger partial charge on any atom is -0.219 e. The molecule has 18 heavy (non-hydrogen) atoms. The summed E-state index contributed by atoms with van der Waals surface area (Å²) in [5.74, 6) is 0.983. The van der Waals surface area contributed by atoms with Crippen molar-refractivity contribution in [2.75, 3.05) is 0 Å². The summed E-state index contributed by atoms with van der Waals surface area (Å²) in [7, 11) is 0. The van der Waals surface area contributed by atoms with Gasteiger partial charge in [-0.1, -0.05) is 42.5 Å². The number of thiocarbonyl (C=S) groups is 1. The molecular formula is C15H11NS2. The minimum atomic E-state index is -0.00935. The maximum Gasteiger partial charge on any atom is 0.112 e. The van der Waals surface area contributed by atoms with Crippen LogP contribution < -0.4 is 0 Å². The molecule has 1 nitrogen and oxygen atoms in total. The monoisotopic (exact) mass is 269 g/mol. The zero-order valence-electron chi connectivity index (χ0n) is 9.67. The van der Waals surface area contributed by atoms with Crippen LogP contribution >= 0.6 is 24.0 Å². The predicted octanol–water partition coefficient (Wildman–Crippen LogP) is 4.48. The molecule has 88 valence electrons. The Morgan fingerprint density at radius 3 is 2.61 bits per heavy atom. The van der Waals surface area contributed by atoms with Gasteiger partial charge < -0.3 is 0 Å². The van der Waals surface area contributed by atoms with Gasteiger partial charge in [0, 0.05) is 10.6 Å². The lowest BCUT2D eigenvalue weighted by molar-refractivity contribution is 0.853. The highest BCUT2D eigenvalue weighted by Crippen LogP contribution is 2.40. The third-order valence-electron chi connectivity index (χ3n) is 3.13. The van der Waals surface area contributed by atoms with E-state index in [-0.39, 0.29) is 6.04 Å². The Balaban J connectivity index is 2.24. The number of nitrogens with zero attached hydrogens (tertiary/aromatic N) is 1. The van der Waals surface area contributed by atoms with E-state index in [1.165, 1.54) is 21.6 Å². The van der Waals surface area contributed by atoms with Crippen molar-refractivity contribution >= 4 is 29.1 Å². The van der Waals surface area contributed by atoms with Gasteiger partial charge in [-0.25, -0.2) is 4.99 Å². The highest BCUT2D eigenvalue weighted by atomic mass is 32.2. The Bertz CT molecular complexity index is 582. The van der Waals surface area contributed by atoms with Crippen LogP contribution in [0.4, 0.5) is 0 Å². The number of thioether (sulfide) groups is 1. The van der Waals surface area contributed by atoms with E-state index in [9.17, 15) is 0 Å². The molecule has 0 amide bonds. The second-order valence-corrected chi connectivity index (χ2v) is 5.35. The fourth-order valence-electron chi connectivity index (χ4n) is 2.29. The summed E-state index contributed by atoms with van der Waals surface area (Å²) >= 11 is 6.67. The van der Waals surface area contributed by atoms with E-state index in [4.69, 9.17) is 12.2 Å². The van der Waals surface area contributed by atoms with Crippen molar-refractivity contribution in [3.63, 3.8) is 0 Å². The Morgan fingerprint density at radius 1 is 1.06 bits per heavy atom. The Labute approximate surface area is 116 Å². The first-order valence-electron chi connectivity index (χ1n) is 5.76. The van der Waals surface area contributed by atoms with Gasteiger partial charge in [-0.3, -0.25) is 0 Å². The highest BCUT2D eigenvalue weighted by Gasteiger charge is 2.22. The molecule has 0 spiro atoms. The third-order valence-corrected chi connectivity index (χ3v) is 4.37. The van der Waals surface area contributed by atoms with E-state index < -0.39 is 0 Å². The summed E-state index contributed by atoms with van der Waals surface area (Å²) in [5.41, 5.74) is 3.80. The van der Waals surface area contributed by atoms with Gasteiger partial charge in [0.2, 0.25) is 0 Å². The van der Waals surface area contributed by atoms with Crippen LogP contribution in [-0.4, -0.2) is 5.16 Å². The van der Waals surface area contributed by atoms with E-state index >= 15 is 0 Å². The molecular weight excluding hydrogens is 258 g/mol. The van der Waals surface area contributed by atoms with Crippen LogP contribution in [0.5, 0.6) is 0 Å². The number of benzene rings is 2. The fourth-order valence-corrected chi connectivity index (χ4v) is 3.49. The normalized spacial score (nSPS) is 17.0. The van der Waals surface area contributed by atoms with E-state index in [1.807, 2.05) is 11.8 Å². The first-order chi connectivity index (χ1) is 8.90. The van der Waals surface area contributed by atoms with Crippen molar-refractivity contribution in [2.24, 2.45) is 4.99 Å². The molecule has 2 aromatic carbocycles. The van der Waals surface area contributed by atoms with Crippen LogP contribution in [0.15, 0.2) is 58.4 Å². The van der Waals surface area contributed by atoms with Crippen LogP contribution in [0.2, 0.25) is 0 Å². The summed E-state index contributed by atoms with van der Waals surface area (Å²) in [6.45, 7) is 0. The van der Waals surface area contributed by atoms with E-state index in [1.54, 1.807) is 0 Å². The van der Waals surface area contributed by atoms with Crippen molar-refractivity contribution in [1.29, 1.82) is 0 Å². The summed E-state index contributed by atoms with van der Waals surface area (Å²) in [6.07, 6.45) is 0. The Hall–Kier alpha value is -1.41. The van der Waals surface area contributed by atoms with E-state index in [2.05, 4.69) is 58.7 Å². The molecule has 0 N–H and O–H groups in total. The highest BCUT2D eigenvalue weighted by molar-refractivity contribution is 7.98. The summed E-state index contributed by atoms with van der Waals surface area (Å²) in [4.78, 5) is 5.66. The number of hydrogen-bond donors (Lipinski definition) is 0. The topological polar surface area (TPSA) is 12.4 Å². The largest absolute Gasteiger partial charge is 0.219 e. The van der Waals surface area contributed by atoms with Crippen LogP contribution in [-0.2, 0) is 5.75 Å². The smallest absolute Gasteiger partial charge is 0.112 e. The molecule has 1 heterocycles. The quantitative estimate of drug-likeness (QED) is 0.559. The predicted molar refractivity (Wildman–Crippen MR) is 79.3 cm³/mol. The Morgan fingerprint density at radius 2 is 1.78 bits per heavy atom. The Kier molecular flexibility index (Phi) is 3.28. The maximum absolute atomic E-state index is 4.81. The number of fused-ring (bicyclic) bond motifs is 2. The zero-order chi connectivity index (χ0) is 12.4. The lowest BCUT2D eigenvalue weighted by Crippen LogP contribution is -2.00. The minimum absolute atomic E-state index is 0.00935. The molecule has 1 unspecified atom stereocenters. The first kappa shape index (κ1) is 11.7. The zero-order valence-corrected chi connectivity index (χ0v) is 11.3. The van der Waals surface area contributed by atoms with Crippen molar-refractivity contribution in [1.82, 2.24) is 0 Å². The molecule has 0 aliphatic carbocycles. The SMILES string of the molecule is S=C=NC1c2ccccc2CSc2ccccc21. The molecule has 0 aromatic heterocycles. The van der Waals surface area contributed by atoms with Crippen molar-refractivity contribution in [3.05, 3.63) is 65.2 Å². The lowest BCUT2D eigenvalue weighted by atomic mass is 9.96. The first-order valence-corrected chi connectivity index (χ1v) is 7.16. The van der Waals surface area contributed by atoms with E-state index in [0.29, 0.717) is 0 Å². The molecule has 0 radical (unpaired) electrons. The molecule has 0 bridgehead atoms. The van der Waals surface area contributed by atoms with Gasteiger partial charge in [-0.05, 0) is 35.0 Å². The van der Waals surface area contributed by atoms with Crippen molar-refractivity contribution in [2.45, 2.75) is 16.7 Å². The number of isothiocyanates is 1. The molecule has 0 fully saturated rings. The number of hydrogen-bond acceptors (Lipinski definition) is 3. The summed E-state index contributed by atoms with van der Waals surface area (Å²) in [5, 5.41) is 2.55. The van der Waals surface area contributed by atoms with Gasteiger partial charge >= 0.3 is 0 Å². The standard InChI is InChI=1S/C15H11NS2/c17-10-16-15-12-6-2-1-5-11(12)9-18-14-8-4-3-7-13(14)15/h1-8,15H,9H2. The molecule has 1 aliphatic heterocycles. The molecule has 3 rings (SSSR count). The van der Waals surface area contributed by atoms with Crippen molar-refractivity contribution in [3.8, 4) is 0 Å². The fraction of sp³-hybridized carbons (Fsp3) is 0.133. The summed E-state index contributed by atoms with van der Waals surface area (Å²) in [6, 6.07) is 16.8. The second kappa shape index (κ2) is 5.07. The van der Waals surface area contributed by atoms with Crippen LogP contribution in [0.3, 0.4) is 0 Å². The van der Waals surface area contributed by atoms with Crippen LogP contribution in [0.25, 0.3) is 0 Å². The van der Waals surface area contributed by atoms with Gasteiger partial charge in [0.1, 0.15) is 6.04 Å². The van der Waals surface area contributed by atoms with Crippen LogP contribution in [0.1, 0.15) is 22.7 Å². The van der Waals surface area contributed by atoms with Gasteiger partial charge in [-0.15, -0.1) is 11.8 Å². The third kappa shape index (κ3) is 2.01. The van der Waals surface area contributed by atoms with E-state index in [0.717, 1.165) is 5.75 Å². The van der Waals surface area contributed by atoms with Crippen molar-refractivity contribution < 1.29 is 0 Å². The van der Waals surface area contributed by atoms with Gasteiger partial charge in [0.05, 0.1) is 5.16 Å². The average Bonchev–Trinajstić information content (AvgIpc) is 2.58. The molecule has 0 saturated carbocycles. The maximum atomic E-state index is 4.81. The average molecular weight is 269 g/mol. The van der Waals surface area contributed by atoms with Gasteiger partial charge in [0.25, 0.3) is 0 Å².